The van der Waals surface area contributed by atoms with E-state index in [0.29, 0.717) is 25.9 Å². The molecule has 0 fully saturated rings. The number of benzene rings is 2. The topological polar surface area (TPSA) is 46.5 Å². The predicted octanol–water partition coefficient (Wildman–Crippen LogP) is 3.33. The molecule has 0 saturated heterocycles. The molecule has 0 saturated carbocycles. The maximum atomic E-state index is 11.8. The summed E-state index contributed by atoms with van der Waals surface area (Å²) < 4.78 is 5.68. The fourth-order valence-corrected chi connectivity index (χ4v) is 3.01. The number of carboxylic acids is 1. The average molecular weight is 282 g/mol. The highest BCUT2D eigenvalue weighted by Crippen LogP contribution is 2.40. The second kappa shape index (κ2) is 5.60. The van der Waals surface area contributed by atoms with Crippen LogP contribution < -0.4 is 4.74 Å². The van der Waals surface area contributed by atoms with Crippen LogP contribution in [0.4, 0.5) is 0 Å². The molecule has 2 aromatic carbocycles. The second-order valence-corrected chi connectivity index (χ2v) is 5.62. The number of rotatable bonds is 5. The number of aliphatic carboxylic acids is 1. The molecule has 3 rings (SSSR count). The lowest BCUT2D eigenvalue weighted by Gasteiger charge is -2.23. The van der Waals surface area contributed by atoms with Crippen molar-refractivity contribution < 1.29 is 14.6 Å². The molecule has 0 radical (unpaired) electrons. The van der Waals surface area contributed by atoms with Gasteiger partial charge in [-0.1, -0.05) is 42.5 Å². The molecule has 0 amide bonds. The van der Waals surface area contributed by atoms with E-state index in [1.54, 1.807) is 0 Å². The molecule has 0 atom stereocenters. The molecule has 0 heterocycles. The first-order valence-electron chi connectivity index (χ1n) is 7.18. The highest BCUT2D eigenvalue weighted by Gasteiger charge is 2.43. The van der Waals surface area contributed by atoms with E-state index >= 15 is 0 Å². The molecular weight excluding hydrogens is 264 g/mol. The van der Waals surface area contributed by atoms with Crippen LogP contribution in [0.2, 0.25) is 0 Å². The minimum atomic E-state index is -0.727. The van der Waals surface area contributed by atoms with Crippen LogP contribution in [0.25, 0.3) is 0 Å². The van der Waals surface area contributed by atoms with Crippen LogP contribution in [0.1, 0.15) is 17.5 Å². The molecule has 2 aromatic rings. The van der Waals surface area contributed by atoms with Crippen LogP contribution in [0, 0.1) is 5.41 Å². The van der Waals surface area contributed by atoms with Gasteiger partial charge in [0.25, 0.3) is 0 Å². The van der Waals surface area contributed by atoms with Crippen LogP contribution in [-0.4, -0.2) is 17.7 Å². The number of ether oxygens (including phenoxy) is 1. The molecule has 21 heavy (non-hydrogen) atoms. The molecule has 3 nitrogen and oxygen atoms in total. The van der Waals surface area contributed by atoms with Crippen molar-refractivity contribution >= 4 is 5.97 Å². The molecule has 0 spiro atoms. The molecule has 3 heteroatoms. The number of carboxylic acid groups (broad SMARTS) is 1. The Labute approximate surface area is 124 Å². The van der Waals surface area contributed by atoms with Crippen LogP contribution in [0.3, 0.4) is 0 Å². The zero-order valence-corrected chi connectivity index (χ0v) is 11.8. The van der Waals surface area contributed by atoms with Crippen LogP contribution in [-0.2, 0) is 17.6 Å². The first-order valence-corrected chi connectivity index (χ1v) is 7.18. The molecule has 0 aliphatic heterocycles. The first-order chi connectivity index (χ1) is 10.2. The van der Waals surface area contributed by atoms with E-state index in [0.717, 1.165) is 16.9 Å². The van der Waals surface area contributed by atoms with E-state index in [1.165, 1.54) is 0 Å². The van der Waals surface area contributed by atoms with Gasteiger partial charge in [0, 0.05) is 0 Å². The Morgan fingerprint density at radius 3 is 2.14 bits per heavy atom. The summed E-state index contributed by atoms with van der Waals surface area (Å²) in [5.74, 6) is 0.0592. The summed E-state index contributed by atoms with van der Waals surface area (Å²) in [6, 6.07) is 17.5. The van der Waals surface area contributed by atoms with Crippen molar-refractivity contribution in [2.45, 2.75) is 19.3 Å². The normalized spacial score (nSPS) is 15.4. The Morgan fingerprint density at radius 2 is 1.57 bits per heavy atom. The van der Waals surface area contributed by atoms with E-state index < -0.39 is 11.4 Å². The number of hydrogen-bond acceptors (Lipinski definition) is 2. The van der Waals surface area contributed by atoms with Crippen molar-refractivity contribution in [3.63, 3.8) is 0 Å². The Balaban J connectivity index is 1.68. The van der Waals surface area contributed by atoms with Gasteiger partial charge in [-0.15, -0.1) is 0 Å². The Morgan fingerprint density at radius 1 is 1.00 bits per heavy atom. The molecule has 108 valence electrons. The quantitative estimate of drug-likeness (QED) is 0.915. The van der Waals surface area contributed by atoms with E-state index in [9.17, 15) is 9.90 Å². The largest absolute Gasteiger partial charge is 0.494 e. The van der Waals surface area contributed by atoms with Gasteiger partial charge in [-0.05, 0) is 42.5 Å². The van der Waals surface area contributed by atoms with Gasteiger partial charge >= 0.3 is 5.97 Å². The summed E-state index contributed by atoms with van der Waals surface area (Å²) in [4.78, 5) is 11.8. The zero-order chi connectivity index (χ0) is 14.7. The summed E-state index contributed by atoms with van der Waals surface area (Å²) in [7, 11) is 0. The first kappa shape index (κ1) is 13.7. The maximum absolute atomic E-state index is 11.8. The summed E-state index contributed by atoms with van der Waals surface area (Å²) in [6.07, 6.45) is 1.71. The van der Waals surface area contributed by atoms with Gasteiger partial charge in [0.05, 0.1) is 12.0 Å². The maximum Gasteiger partial charge on any atom is 0.310 e. The Kier molecular flexibility index (Phi) is 3.65. The van der Waals surface area contributed by atoms with Gasteiger partial charge in [-0.2, -0.15) is 0 Å². The Hall–Kier alpha value is -2.29. The van der Waals surface area contributed by atoms with Gasteiger partial charge in [-0.25, -0.2) is 0 Å². The Bertz CT molecular complexity index is 609. The second-order valence-electron chi connectivity index (χ2n) is 5.62. The fourth-order valence-electron chi connectivity index (χ4n) is 3.01. The lowest BCUT2D eigenvalue weighted by atomic mass is 9.82. The van der Waals surface area contributed by atoms with Gasteiger partial charge < -0.3 is 9.84 Å². The lowest BCUT2D eigenvalue weighted by molar-refractivity contribution is -0.149. The monoisotopic (exact) mass is 282 g/mol. The number of para-hydroxylation sites is 1. The summed E-state index contributed by atoms with van der Waals surface area (Å²) in [5, 5.41) is 9.68. The van der Waals surface area contributed by atoms with Crippen molar-refractivity contribution in [1.82, 2.24) is 0 Å². The standard InChI is InChI=1S/C18H18O3/c19-17(20)18(10-11-21-16-8-2-1-3-9-16)12-14-6-4-5-7-15(14)13-18/h1-9H,10-13H2,(H,19,20). The van der Waals surface area contributed by atoms with Crippen LogP contribution >= 0.6 is 0 Å². The third kappa shape index (κ3) is 2.77. The van der Waals surface area contributed by atoms with Crippen molar-refractivity contribution in [2.24, 2.45) is 5.41 Å². The van der Waals surface area contributed by atoms with Crippen molar-refractivity contribution in [3.05, 3.63) is 65.7 Å². The van der Waals surface area contributed by atoms with E-state index in [4.69, 9.17) is 4.74 Å². The minimum Gasteiger partial charge on any atom is -0.494 e. The van der Waals surface area contributed by atoms with Gasteiger partial charge in [0.2, 0.25) is 0 Å². The van der Waals surface area contributed by atoms with Crippen molar-refractivity contribution in [3.8, 4) is 5.75 Å². The van der Waals surface area contributed by atoms with Gasteiger partial charge in [0.15, 0.2) is 0 Å². The molecule has 1 aliphatic rings. The summed E-state index contributed by atoms with van der Waals surface area (Å²) >= 11 is 0. The number of fused-ring (bicyclic) bond motifs is 1. The molecule has 1 N–H and O–H groups in total. The zero-order valence-electron chi connectivity index (χ0n) is 11.8. The van der Waals surface area contributed by atoms with Gasteiger partial charge in [0.1, 0.15) is 5.75 Å². The molecule has 0 bridgehead atoms. The number of hydrogen-bond donors (Lipinski definition) is 1. The SMILES string of the molecule is O=C(O)C1(CCOc2ccccc2)Cc2ccccc2C1. The van der Waals surface area contributed by atoms with Crippen molar-refractivity contribution in [1.29, 1.82) is 0 Å². The highest BCUT2D eigenvalue weighted by molar-refractivity contribution is 5.77. The highest BCUT2D eigenvalue weighted by atomic mass is 16.5. The predicted molar refractivity (Wildman–Crippen MR) is 80.5 cm³/mol. The minimum absolute atomic E-state index is 0.421. The molecule has 0 aromatic heterocycles. The van der Waals surface area contributed by atoms with E-state index in [-0.39, 0.29) is 0 Å². The summed E-state index contributed by atoms with van der Waals surface area (Å²) in [6.45, 7) is 0.421. The third-order valence-corrected chi connectivity index (χ3v) is 4.22. The summed E-state index contributed by atoms with van der Waals surface area (Å²) in [5.41, 5.74) is 1.58. The lowest BCUT2D eigenvalue weighted by Crippen LogP contribution is -2.33. The van der Waals surface area contributed by atoms with Crippen molar-refractivity contribution in [2.75, 3.05) is 6.61 Å². The third-order valence-electron chi connectivity index (χ3n) is 4.22. The average Bonchev–Trinajstić information content (AvgIpc) is 2.88. The van der Waals surface area contributed by atoms with Crippen LogP contribution in [0.5, 0.6) is 5.75 Å². The fraction of sp³-hybridized carbons (Fsp3) is 0.278. The van der Waals surface area contributed by atoms with E-state index in [2.05, 4.69) is 0 Å². The van der Waals surface area contributed by atoms with E-state index in [1.807, 2.05) is 54.6 Å². The number of carbonyl (C=O) groups is 1. The van der Waals surface area contributed by atoms with Crippen LogP contribution in [0.15, 0.2) is 54.6 Å². The molecular formula is C18H18O3. The smallest absolute Gasteiger partial charge is 0.310 e. The molecule has 1 aliphatic carbocycles. The van der Waals surface area contributed by atoms with Gasteiger partial charge in [-0.3, -0.25) is 4.79 Å². The molecule has 0 unspecified atom stereocenters.